The van der Waals surface area contributed by atoms with Crippen LogP contribution in [0.4, 0.5) is 0 Å². The van der Waals surface area contributed by atoms with Crippen LogP contribution in [0.1, 0.15) is 24.0 Å². The first kappa shape index (κ1) is 23.2. The van der Waals surface area contributed by atoms with E-state index in [1.165, 1.54) is 106 Å². The molecule has 45 heavy (non-hydrogen) atoms. The van der Waals surface area contributed by atoms with Crippen LogP contribution in [0, 0.1) is 0 Å². The first-order valence-electron chi connectivity index (χ1n) is 16.5. The largest absolute Gasteiger partial charge is 0.375 e. The number of hydrogen-bond donors (Lipinski definition) is 0. The standard InChI is InChI=1S/C42H27BN2/c1-5-15-28-24(11-1)21-32-37-27-14-4-3-13-26(27)23-36-40(37)43(45-35-20-10-8-18-31(35)38(28)41(32)45)33-22-25-12-2-6-16-29(25)39-30-17-7-9-19-34(30)44(36)42(33)39/h1-2,5-12,15-23H,3-4,13-14H2. The summed E-state index contributed by atoms with van der Waals surface area (Å²) < 4.78 is 5.38. The van der Waals surface area contributed by atoms with Gasteiger partial charge in [0.2, 0.25) is 0 Å². The topological polar surface area (TPSA) is 9.86 Å². The van der Waals surface area contributed by atoms with E-state index in [1.807, 2.05) is 0 Å². The molecule has 0 atom stereocenters. The molecule has 2 nitrogen and oxygen atoms in total. The number of fused-ring (bicyclic) bond motifs is 16. The molecule has 3 aliphatic rings. The molecule has 0 radical (unpaired) electrons. The Hall–Kier alpha value is -5.28. The normalized spacial score (nSPS) is 14.7. The smallest absolute Gasteiger partial charge is 0.333 e. The summed E-state index contributed by atoms with van der Waals surface area (Å²) >= 11 is 0. The summed E-state index contributed by atoms with van der Waals surface area (Å²) in [6.07, 6.45) is 4.85. The third-order valence-corrected chi connectivity index (χ3v) is 11.4. The van der Waals surface area contributed by atoms with E-state index in [0.717, 1.165) is 12.8 Å². The average Bonchev–Trinajstić information content (AvgIpc) is 3.63. The molecule has 0 N–H and O–H groups in total. The third kappa shape index (κ3) is 2.60. The highest BCUT2D eigenvalue weighted by Crippen LogP contribution is 2.48. The lowest BCUT2D eigenvalue weighted by Crippen LogP contribution is -2.55. The van der Waals surface area contributed by atoms with Crippen molar-refractivity contribution in [2.24, 2.45) is 0 Å². The molecule has 0 bridgehead atoms. The Morgan fingerprint density at radius 2 is 1.18 bits per heavy atom. The lowest BCUT2D eigenvalue weighted by molar-refractivity contribution is 0.687. The highest BCUT2D eigenvalue weighted by atomic mass is 15.0. The summed E-state index contributed by atoms with van der Waals surface area (Å²) in [5.41, 5.74) is 15.8. The summed E-state index contributed by atoms with van der Waals surface area (Å²) in [5.74, 6) is 0. The molecule has 0 saturated carbocycles. The Labute approximate surface area is 260 Å². The minimum Gasteiger partial charge on any atom is -0.375 e. The van der Waals surface area contributed by atoms with E-state index in [-0.39, 0.29) is 6.85 Å². The maximum Gasteiger partial charge on any atom is 0.333 e. The second kappa shape index (κ2) is 7.86. The molecule has 0 fully saturated rings. The predicted molar refractivity (Wildman–Crippen MR) is 191 cm³/mol. The van der Waals surface area contributed by atoms with Crippen LogP contribution in [0.25, 0.3) is 82.0 Å². The van der Waals surface area contributed by atoms with Gasteiger partial charge >= 0.3 is 6.85 Å². The van der Waals surface area contributed by atoms with Crippen molar-refractivity contribution in [2.75, 3.05) is 0 Å². The van der Waals surface area contributed by atoms with Gasteiger partial charge in [0, 0.05) is 43.8 Å². The first-order valence-corrected chi connectivity index (χ1v) is 16.5. The lowest BCUT2D eigenvalue weighted by atomic mass is 9.45. The molecular weight excluding hydrogens is 543 g/mol. The van der Waals surface area contributed by atoms with Gasteiger partial charge in [0.1, 0.15) is 0 Å². The van der Waals surface area contributed by atoms with Gasteiger partial charge in [-0.3, -0.25) is 0 Å². The Kier molecular flexibility index (Phi) is 4.05. The van der Waals surface area contributed by atoms with Crippen molar-refractivity contribution in [3.63, 3.8) is 0 Å². The number of aryl methyl sites for hydroxylation is 1. The van der Waals surface area contributed by atoms with Crippen molar-refractivity contribution in [2.45, 2.75) is 25.7 Å². The second-order valence-electron chi connectivity index (χ2n) is 13.5. The minimum absolute atomic E-state index is 0.0993. The van der Waals surface area contributed by atoms with Crippen LogP contribution in [0.2, 0.25) is 0 Å². The van der Waals surface area contributed by atoms with E-state index in [4.69, 9.17) is 0 Å². The molecule has 0 unspecified atom stereocenters. The summed E-state index contributed by atoms with van der Waals surface area (Å²) in [7, 11) is 0. The van der Waals surface area contributed by atoms with Crippen LogP contribution in [-0.2, 0) is 12.8 Å². The number of rotatable bonds is 0. The molecule has 0 amide bonds. The van der Waals surface area contributed by atoms with Crippen LogP contribution >= 0.6 is 0 Å². The van der Waals surface area contributed by atoms with E-state index < -0.39 is 0 Å². The maximum atomic E-state index is 2.73. The fourth-order valence-electron chi connectivity index (χ4n) is 9.76. The fourth-order valence-corrected chi connectivity index (χ4v) is 9.76. The highest BCUT2D eigenvalue weighted by Gasteiger charge is 2.43. The van der Waals surface area contributed by atoms with Gasteiger partial charge in [-0.05, 0) is 99.1 Å². The number of benzene rings is 7. The SMILES string of the molecule is c1ccc2c(c1)cc1c3c2c2ccccc2n3B2c3c(cc4c(c3-1)CCCC4)-n1c3ccccc3c3c4ccccc4cc2c31. The van der Waals surface area contributed by atoms with Crippen molar-refractivity contribution in [1.29, 1.82) is 0 Å². The molecule has 0 saturated heterocycles. The van der Waals surface area contributed by atoms with Gasteiger partial charge in [0.15, 0.2) is 0 Å². The molecular formula is C42H27BN2. The molecule has 9 aromatic rings. The Bertz CT molecular complexity index is 2830. The summed E-state index contributed by atoms with van der Waals surface area (Å²) in [6, 6.07) is 44.0. The van der Waals surface area contributed by atoms with Gasteiger partial charge in [0.25, 0.3) is 0 Å². The van der Waals surface area contributed by atoms with Crippen LogP contribution in [0.3, 0.4) is 0 Å². The second-order valence-corrected chi connectivity index (χ2v) is 13.5. The molecule has 2 aromatic heterocycles. The predicted octanol–water partition coefficient (Wildman–Crippen LogP) is 9.02. The van der Waals surface area contributed by atoms with Gasteiger partial charge in [-0.2, -0.15) is 0 Å². The van der Waals surface area contributed by atoms with Crippen molar-refractivity contribution in [3.05, 3.63) is 126 Å². The van der Waals surface area contributed by atoms with Gasteiger partial charge in [0.05, 0.1) is 11.0 Å². The Morgan fingerprint density at radius 3 is 1.98 bits per heavy atom. The third-order valence-electron chi connectivity index (χ3n) is 11.4. The number of aromatic nitrogens is 2. The fraction of sp³-hybridized carbons (Fsp3) is 0.0952. The lowest BCUT2D eigenvalue weighted by Gasteiger charge is -2.37. The quantitative estimate of drug-likeness (QED) is 0.161. The monoisotopic (exact) mass is 570 g/mol. The van der Waals surface area contributed by atoms with E-state index in [0.29, 0.717) is 0 Å². The van der Waals surface area contributed by atoms with Gasteiger partial charge in [-0.25, -0.2) is 0 Å². The van der Waals surface area contributed by atoms with Crippen molar-refractivity contribution < 1.29 is 0 Å². The minimum atomic E-state index is 0.0993. The molecule has 4 heterocycles. The van der Waals surface area contributed by atoms with Crippen LogP contribution in [0.5, 0.6) is 0 Å². The van der Waals surface area contributed by atoms with Crippen LogP contribution < -0.4 is 10.9 Å². The van der Waals surface area contributed by atoms with E-state index >= 15 is 0 Å². The van der Waals surface area contributed by atoms with Crippen molar-refractivity contribution in [1.82, 2.24) is 9.05 Å². The Morgan fingerprint density at radius 1 is 0.556 bits per heavy atom. The van der Waals surface area contributed by atoms with E-state index in [1.54, 1.807) is 11.1 Å². The molecule has 7 aromatic carbocycles. The summed E-state index contributed by atoms with van der Waals surface area (Å²) in [4.78, 5) is 0. The van der Waals surface area contributed by atoms with Crippen molar-refractivity contribution >= 4 is 82.9 Å². The zero-order valence-corrected chi connectivity index (χ0v) is 24.8. The molecule has 3 heteroatoms. The van der Waals surface area contributed by atoms with Gasteiger partial charge in [-0.1, -0.05) is 91.0 Å². The first-order chi connectivity index (χ1) is 22.4. The van der Waals surface area contributed by atoms with Crippen LogP contribution in [-0.4, -0.2) is 15.9 Å². The molecule has 2 aliphatic heterocycles. The molecule has 1 aliphatic carbocycles. The van der Waals surface area contributed by atoms with Crippen molar-refractivity contribution in [3.8, 4) is 16.8 Å². The van der Waals surface area contributed by atoms with Gasteiger partial charge in [-0.15, -0.1) is 0 Å². The highest BCUT2D eigenvalue weighted by molar-refractivity contribution is 6.90. The molecule has 0 spiro atoms. The Balaban J connectivity index is 1.41. The number of hydrogen-bond acceptors (Lipinski definition) is 0. The molecule has 208 valence electrons. The summed E-state index contributed by atoms with van der Waals surface area (Å²) in [5, 5.41) is 10.9. The van der Waals surface area contributed by atoms with Crippen LogP contribution in [0.15, 0.2) is 115 Å². The van der Waals surface area contributed by atoms with E-state index in [9.17, 15) is 0 Å². The number of para-hydroxylation sites is 2. The zero-order chi connectivity index (χ0) is 29.0. The summed E-state index contributed by atoms with van der Waals surface area (Å²) in [6.45, 7) is 0.0993. The van der Waals surface area contributed by atoms with Gasteiger partial charge < -0.3 is 9.05 Å². The molecule has 12 rings (SSSR count). The maximum absolute atomic E-state index is 2.73. The van der Waals surface area contributed by atoms with E-state index in [2.05, 4.69) is 124 Å². The zero-order valence-electron chi connectivity index (χ0n) is 24.8. The number of nitrogens with zero attached hydrogens (tertiary/aromatic N) is 2. The average molecular weight is 571 g/mol.